The van der Waals surface area contributed by atoms with Crippen LogP contribution in [0.25, 0.3) is 5.69 Å². The predicted molar refractivity (Wildman–Crippen MR) is 90.4 cm³/mol. The van der Waals surface area contributed by atoms with Gasteiger partial charge in [0.2, 0.25) is 6.33 Å². The average Bonchev–Trinajstić information content (AvgIpc) is 3.25. The van der Waals surface area contributed by atoms with Gasteiger partial charge in [0.15, 0.2) is 0 Å². The summed E-state index contributed by atoms with van der Waals surface area (Å²) in [5.41, 5.74) is 1.13. The number of benzene rings is 1. The van der Waals surface area contributed by atoms with Gasteiger partial charge in [-0.1, -0.05) is 15.9 Å². The summed E-state index contributed by atoms with van der Waals surface area (Å²) in [5.74, 6) is -0.764. The molecule has 1 aromatic carbocycles. The molecule has 3 aromatic rings. The van der Waals surface area contributed by atoms with Gasteiger partial charge in [-0.05, 0) is 34.2 Å². The Morgan fingerprint density at radius 2 is 2.04 bits per heavy atom. The zero-order chi connectivity index (χ0) is 17.8. The van der Waals surface area contributed by atoms with Crippen molar-refractivity contribution < 1.29 is 14.5 Å². The fraction of sp³-hybridized carbons (Fsp3) is 0.133. The molecule has 0 bridgehead atoms. The number of hydrogen-bond donors (Lipinski definition) is 0. The van der Waals surface area contributed by atoms with E-state index in [1.165, 1.54) is 23.3 Å². The zero-order valence-electron chi connectivity index (χ0n) is 12.8. The van der Waals surface area contributed by atoms with Crippen LogP contribution < -0.4 is 0 Å². The summed E-state index contributed by atoms with van der Waals surface area (Å²) in [4.78, 5) is 25.6. The minimum atomic E-state index is -0.584. The predicted octanol–water partition coefficient (Wildman–Crippen LogP) is 2.60. The Kier molecular flexibility index (Phi) is 4.89. The standard InChI is InChI=1S/C15H12BrN5O4/c16-12-1-3-13(4-2-12)20-8-11(7-18-20)15(22)25-6-5-19-9-14(17-10-19)21(23)24/h1-4,7-10H,5-6H2. The molecule has 2 aromatic heterocycles. The van der Waals surface area contributed by atoms with Crippen LogP contribution in [-0.4, -0.2) is 36.8 Å². The van der Waals surface area contributed by atoms with Crippen LogP contribution in [0.2, 0.25) is 0 Å². The molecule has 0 N–H and O–H groups in total. The Morgan fingerprint density at radius 3 is 2.72 bits per heavy atom. The maximum Gasteiger partial charge on any atom is 0.381 e. The van der Waals surface area contributed by atoms with E-state index in [9.17, 15) is 14.9 Å². The summed E-state index contributed by atoms with van der Waals surface area (Å²) >= 11 is 3.36. The lowest BCUT2D eigenvalue weighted by atomic mass is 10.3. The van der Waals surface area contributed by atoms with Crippen LogP contribution in [0.4, 0.5) is 5.82 Å². The van der Waals surface area contributed by atoms with E-state index in [0.717, 1.165) is 10.2 Å². The number of aromatic nitrogens is 4. The molecule has 0 radical (unpaired) electrons. The summed E-state index contributed by atoms with van der Waals surface area (Å²) in [6, 6.07) is 7.47. The Bertz CT molecular complexity index is 903. The first-order valence-electron chi connectivity index (χ1n) is 7.17. The van der Waals surface area contributed by atoms with Crippen molar-refractivity contribution in [2.75, 3.05) is 6.61 Å². The fourth-order valence-corrected chi connectivity index (χ4v) is 2.32. The van der Waals surface area contributed by atoms with E-state index in [0.29, 0.717) is 5.56 Å². The molecular weight excluding hydrogens is 394 g/mol. The van der Waals surface area contributed by atoms with E-state index in [-0.39, 0.29) is 19.0 Å². The quantitative estimate of drug-likeness (QED) is 0.354. The van der Waals surface area contributed by atoms with Crippen LogP contribution in [0.5, 0.6) is 0 Å². The molecule has 3 rings (SSSR count). The van der Waals surface area contributed by atoms with Gasteiger partial charge >= 0.3 is 11.8 Å². The topological polar surface area (TPSA) is 105 Å². The number of carbonyl (C=O) groups excluding carboxylic acids is 1. The van der Waals surface area contributed by atoms with Gasteiger partial charge < -0.3 is 19.4 Å². The van der Waals surface area contributed by atoms with Gasteiger partial charge in [0, 0.05) is 10.7 Å². The summed E-state index contributed by atoms with van der Waals surface area (Å²) in [6.07, 6.45) is 5.59. The summed E-state index contributed by atoms with van der Waals surface area (Å²) in [5, 5.41) is 14.7. The lowest BCUT2D eigenvalue weighted by Crippen LogP contribution is -2.10. The van der Waals surface area contributed by atoms with E-state index >= 15 is 0 Å². The Morgan fingerprint density at radius 1 is 1.28 bits per heavy atom. The van der Waals surface area contributed by atoms with Gasteiger partial charge in [0.1, 0.15) is 12.8 Å². The van der Waals surface area contributed by atoms with Crippen molar-refractivity contribution >= 4 is 27.7 Å². The molecule has 9 nitrogen and oxygen atoms in total. The summed E-state index contributed by atoms with van der Waals surface area (Å²) in [6.45, 7) is 0.337. The molecule has 25 heavy (non-hydrogen) atoms. The molecule has 0 aliphatic carbocycles. The minimum Gasteiger partial charge on any atom is -0.460 e. The fourth-order valence-electron chi connectivity index (χ4n) is 2.06. The van der Waals surface area contributed by atoms with Crippen molar-refractivity contribution in [3.8, 4) is 5.69 Å². The van der Waals surface area contributed by atoms with E-state index in [4.69, 9.17) is 4.74 Å². The lowest BCUT2D eigenvalue weighted by molar-refractivity contribution is -0.389. The maximum absolute atomic E-state index is 12.0. The molecule has 0 amide bonds. The molecule has 10 heteroatoms. The molecule has 128 valence electrons. The van der Waals surface area contributed by atoms with Gasteiger partial charge in [-0.25, -0.2) is 9.48 Å². The van der Waals surface area contributed by atoms with Gasteiger partial charge in [-0.2, -0.15) is 5.10 Å². The third-order valence-corrected chi connectivity index (χ3v) is 3.83. The highest BCUT2D eigenvalue weighted by atomic mass is 79.9. The number of nitrogens with zero attached hydrogens (tertiary/aromatic N) is 5. The summed E-state index contributed by atoms with van der Waals surface area (Å²) in [7, 11) is 0. The molecule has 0 saturated carbocycles. The van der Waals surface area contributed by atoms with E-state index in [1.807, 2.05) is 24.3 Å². The first kappa shape index (κ1) is 16.8. The second-order valence-corrected chi connectivity index (χ2v) is 5.93. The third kappa shape index (κ3) is 4.10. The molecule has 2 heterocycles. The van der Waals surface area contributed by atoms with Crippen molar-refractivity contribution in [2.45, 2.75) is 6.54 Å². The number of esters is 1. The number of halogens is 1. The summed E-state index contributed by atoms with van der Waals surface area (Å²) < 4.78 is 9.15. The second-order valence-electron chi connectivity index (χ2n) is 5.01. The van der Waals surface area contributed by atoms with Gasteiger partial charge in [-0.15, -0.1) is 0 Å². The number of nitro groups is 1. The van der Waals surface area contributed by atoms with Crippen LogP contribution in [0.3, 0.4) is 0 Å². The number of ether oxygens (including phenoxy) is 1. The van der Waals surface area contributed by atoms with E-state index in [1.54, 1.807) is 10.9 Å². The molecule has 0 atom stereocenters. The monoisotopic (exact) mass is 405 g/mol. The largest absolute Gasteiger partial charge is 0.460 e. The van der Waals surface area contributed by atoms with Gasteiger partial charge in [0.25, 0.3) is 0 Å². The molecule has 0 aliphatic rings. The molecular formula is C15H12BrN5O4. The molecule has 0 unspecified atom stereocenters. The highest BCUT2D eigenvalue weighted by Crippen LogP contribution is 2.14. The Balaban J connectivity index is 1.56. The van der Waals surface area contributed by atoms with Crippen molar-refractivity contribution in [1.29, 1.82) is 0 Å². The molecule has 0 aliphatic heterocycles. The highest BCUT2D eigenvalue weighted by Gasteiger charge is 2.13. The number of rotatable bonds is 6. The zero-order valence-corrected chi connectivity index (χ0v) is 14.4. The number of imidazole rings is 1. The SMILES string of the molecule is O=C(OCCn1cnc([N+](=O)[O-])c1)c1cnn(-c2ccc(Br)cc2)c1. The van der Waals surface area contributed by atoms with Gasteiger partial charge in [0.05, 0.1) is 24.0 Å². The third-order valence-electron chi connectivity index (χ3n) is 3.30. The number of hydrogen-bond acceptors (Lipinski definition) is 6. The van der Waals surface area contributed by atoms with Crippen molar-refractivity contribution in [3.05, 3.63) is 69.3 Å². The first-order valence-corrected chi connectivity index (χ1v) is 7.96. The maximum atomic E-state index is 12.0. The lowest BCUT2D eigenvalue weighted by Gasteiger charge is -2.03. The Labute approximate surface area is 150 Å². The number of carbonyl (C=O) groups is 1. The molecule has 0 spiro atoms. The molecule has 0 fully saturated rings. The average molecular weight is 406 g/mol. The minimum absolute atomic E-state index is 0.0653. The van der Waals surface area contributed by atoms with Crippen LogP contribution in [0.1, 0.15) is 10.4 Å². The normalized spacial score (nSPS) is 10.6. The second kappa shape index (κ2) is 7.26. The van der Waals surface area contributed by atoms with Crippen LogP contribution in [0.15, 0.2) is 53.7 Å². The molecule has 0 saturated heterocycles. The van der Waals surface area contributed by atoms with Crippen molar-refractivity contribution in [2.24, 2.45) is 0 Å². The van der Waals surface area contributed by atoms with Crippen LogP contribution in [-0.2, 0) is 11.3 Å². The van der Waals surface area contributed by atoms with E-state index in [2.05, 4.69) is 26.0 Å². The van der Waals surface area contributed by atoms with Gasteiger partial charge in [-0.3, -0.25) is 0 Å². The smallest absolute Gasteiger partial charge is 0.381 e. The van der Waals surface area contributed by atoms with Crippen LogP contribution >= 0.6 is 15.9 Å². The Hall–Kier alpha value is -3.01. The van der Waals surface area contributed by atoms with E-state index < -0.39 is 10.9 Å². The first-order chi connectivity index (χ1) is 12.0. The van der Waals surface area contributed by atoms with Crippen molar-refractivity contribution in [1.82, 2.24) is 19.3 Å². The van der Waals surface area contributed by atoms with Crippen LogP contribution in [0, 0.1) is 10.1 Å². The highest BCUT2D eigenvalue weighted by molar-refractivity contribution is 9.10. The van der Waals surface area contributed by atoms with Crippen molar-refractivity contribution in [3.63, 3.8) is 0 Å².